The van der Waals surface area contributed by atoms with Crippen molar-refractivity contribution in [2.45, 2.75) is 52.0 Å². The highest BCUT2D eigenvalue weighted by Gasteiger charge is 2.57. The first-order valence-electron chi connectivity index (χ1n) is 6.55. The number of carbonyl (C=O) groups is 2. The monoisotopic (exact) mass is 281 g/mol. The zero-order valence-corrected chi connectivity index (χ0v) is 12.1. The molecule has 1 aromatic heterocycles. The summed E-state index contributed by atoms with van der Waals surface area (Å²) in [5.41, 5.74) is -1.51. The van der Waals surface area contributed by atoms with Crippen LogP contribution in [0.15, 0.2) is 4.52 Å². The van der Waals surface area contributed by atoms with Crippen molar-refractivity contribution in [1.82, 2.24) is 15.5 Å². The predicted molar refractivity (Wildman–Crippen MR) is 68.9 cm³/mol. The van der Waals surface area contributed by atoms with Gasteiger partial charge in [0.2, 0.25) is 11.8 Å². The van der Waals surface area contributed by atoms with Gasteiger partial charge in [-0.05, 0) is 19.8 Å². The number of rotatable bonds is 4. The van der Waals surface area contributed by atoms with Gasteiger partial charge in [0, 0.05) is 5.41 Å². The number of carboxylic acid groups (broad SMARTS) is 1. The SMILES string of the molecule is CC(NC(=O)C1(C(=O)O)CC1)c1nc(C(C)(C)C)no1. The third-order valence-electron chi connectivity index (χ3n) is 3.42. The molecule has 2 N–H and O–H groups in total. The van der Waals surface area contributed by atoms with Crippen LogP contribution >= 0.6 is 0 Å². The Hall–Kier alpha value is -1.92. The average Bonchev–Trinajstić information content (AvgIpc) is 2.98. The van der Waals surface area contributed by atoms with E-state index in [1.165, 1.54) is 0 Å². The van der Waals surface area contributed by atoms with E-state index < -0.39 is 23.3 Å². The fourth-order valence-electron chi connectivity index (χ4n) is 1.78. The minimum Gasteiger partial charge on any atom is -0.480 e. The summed E-state index contributed by atoms with van der Waals surface area (Å²) in [7, 11) is 0. The van der Waals surface area contributed by atoms with Crippen molar-refractivity contribution in [3.8, 4) is 0 Å². The molecule has 0 radical (unpaired) electrons. The Morgan fingerprint density at radius 1 is 1.40 bits per heavy atom. The molecule has 1 fully saturated rings. The summed E-state index contributed by atoms with van der Waals surface area (Å²) >= 11 is 0. The van der Waals surface area contributed by atoms with Crippen LogP contribution in [0.3, 0.4) is 0 Å². The molecule has 1 aromatic rings. The fraction of sp³-hybridized carbons (Fsp3) is 0.692. The standard InChI is InChI=1S/C13H19N3O4/c1-7(8-15-9(16-20-8)12(2,3)4)14-10(17)13(5-6-13)11(18)19/h7H,5-6H2,1-4H3,(H,14,17)(H,18,19). The first-order chi connectivity index (χ1) is 9.17. The van der Waals surface area contributed by atoms with Gasteiger partial charge in [-0.2, -0.15) is 4.98 Å². The Kier molecular flexibility index (Phi) is 3.31. The summed E-state index contributed by atoms with van der Waals surface area (Å²) in [4.78, 5) is 27.3. The van der Waals surface area contributed by atoms with Crippen LogP contribution < -0.4 is 5.32 Å². The van der Waals surface area contributed by atoms with E-state index in [0.29, 0.717) is 18.7 Å². The Morgan fingerprint density at radius 3 is 2.40 bits per heavy atom. The van der Waals surface area contributed by atoms with E-state index in [0.717, 1.165) is 0 Å². The molecule has 1 saturated carbocycles. The van der Waals surface area contributed by atoms with Crippen LogP contribution in [0.4, 0.5) is 0 Å². The van der Waals surface area contributed by atoms with Gasteiger partial charge < -0.3 is 14.9 Å². The lowest BCUT2D eigenvalue weighted by atomic mass is 9.96. The van der Waals surface area contributed by atoms with E-state index in [2.05, 4.69) is 15.5 Å². The second-order valence-electron chi connectivity index (χ2n) is 6.29. The van der Waals surface area contributed by atoms with Crippen LogP contribution in [0.5, 0.6) is 0 Å². The maximum Gasteiger partial charge on any atom is 0.319 e. The molecule has 20 heavy (non-hydrogen) atoms. The highest BCUT2D eigenvalue weighted by Crippen LogP contribution is 2.46. The van der Waals surface area contributed by atoms with Gasteiger partial charge in [0.15, 0.2) is 5.82 Å². The molecular weight excluding hydrogens is 262 g/mol. The summed E-state index contributed by atoms with van der Waals surface area (Å²) in [5.74, 6) is -0.742. The molecular formula is C13H19N3O4. The largest absolute Gasteiger partial charge is 0.480 e. The molecule has 110 valence electrons. The van der Waals surface area contributed by atoms with Gasteiger partial charge in [0.05, 0.1) is 0 Å². The van der Waals surface area contributed by atoms with Crippen LogP contribution in [0, 0.1) is 5.41 Å². The van der Waals surface area contributed by atoms with E-state index in [-0.39, 0.29) is 11.3 Å². The molecule has 0 aliphatic heterocycles. The molecule has 1 aliphatic carbocycles. The number of carboxylic acids is 1. The predicted octanol–water partition coefficient (Wildman–Crippen LogP) is 1.41. The van der Waals surface area contributed by atoms with Crippen LogP contribution in [0.1, 0.15) is 58.3 Å². The molecule has 2 rings (SSSR count). The second-order valence-corrected chi connectivity index (χ2v) is 6.29. The van der Waals surface area contributed by atoms with Crippen LogP contribution in [-0.4, -0.2) is 27.1 Å². The van der Waals surface area contributed by atoms with E-state index in [1.807, 2.05) is 20.8 Å². The van der Waals surface area contributed by atoms with Gasteiger partial charge in [0.25, 0.3) is 0 Å². The van der Waals surface area contributed by atoms with E-state index in [1.54, 1.807) is 6.92 Å². The van der Waals surface area contributed by atoms with Gasteiger partial charge >= 0.3 is 5.97 Å². The summed E-state index contributed by atoms with van der Waals surface area (Å²) in [6, 6.07) is -0.511. The molecule has 1 heterocycles. The second kappa shape index (κ2) is 4.57. The van der Waals surface area contributed by atoms with Gasteiger partial charge in [-0.1, -0.05) is 25.9 Å². The minimum absolute atomic E-state index is 0.246. The number of carbonyl (C=O) groups excluding carboxylic acids is 1. The quantitative estimate of drug-likeness (QED) is 0.808. The Bertz CT molecular complexity index is 540. The van der Waals surface area contributed by atoms with E-state index in [9.17, 15) is 9.59 Å². The number of aliphatic carboxylic acids is 1. The van der Waals surface area contributed by atoms with Crippen molar-refractivity contribution >= 4 is 11.9 Å². The average molecular weight is 281 g/mol. The fourth-order valence-corrected chi connectivity index (χ4v) is 1.78. The lowest BCUT2D eigenvalue weighted by Crippen LogP contribution is -2.38. The van der Waals surface area contributed by atoms with Gasteiger partial charge in [-0.3, -0.25) is 9.59 Å². The minimum atomic E-state index is -1.26. The molecule has 7 nitrogen and oxygen atoms in total. The van der Waals surface area contributed by atoms with Crippen LogP contribution in [0.25, 0.3) is 0 Å². The number of nitrogens with zero attached hydrogens (tertiary/aromatic N) is 2. The summed E-state index contributed by atoms with van der Waals surface area (Å²) < 4.78 is 5.12. The number of aromatic nitrogens is 2. The van der Waals surface area contributed by atoms with Crippen molar-refractivity contribution < 1.29 is 19.2 Å². The van der Waals surface area contributed by atoms with Gasteiger partial charge in [0.1, 0.15) is 11.5 Å². The summed E-state index contributed by atoms with van der Waals surface area (Å²) in [6.07, 6.45) is 0.746. The smallest absolute Gasteiger partial charge is 0.319 e. The molecule has 1 unspecified atom stereocenters. The molecule has 7 heteroatoms. The number of hydrogen-bond acceptors (Lipinski definition) is 5. The highest BCUT2D eigenvalue weighted by molar-refractivity contribution is 6.04. The third-order valence-corrected chi connectivity index (χ3v) is 3.42. The number of hydrogen-bond donors (Lipinski definition) is 2. The summed E-state index contributed by atoms with van der Waals surface area (Å²) in [6.45, 7) is 7.55. The maximum absolute atomic E-state index is 12.0. The maximum atomic E-state index is 12.0. The van der Waals surface area contributed by atoms with Crippen molar-refractivity contribution in [3.63, 3.8) is 0 Å². The number of nitrogens with one attached hydrogen (secondary N) is 1. The lowest BCUT2D eigenvalue weighted by molar-refractivity contribution is -0.149. The Morgan fingerprint density at radius 2 is 2.00 bits per heavy atom. The molecule has 0 aromatic carbocycles. The van der Waals surface area contributed by atoms with Gasteiger partial charge in [-0.15, -0.1) is 0 Å². The molecule has 1 amide bonds. The summed E-state index contributed by atoms with van der Waals surface area (Å²) in [5, 5.41) is 15.6. The van der Waals surface area contributed by atoms with Gasteiger partial charge in [-0.25, -0.2) is 0 Å². The van der Waals surface area contributed by atoms with Crippen LogP contribution in [-0.2, 0) is 15.0 Å². The molecule has 0 spiro atoms. The molecule has 1 aliphatic rings. The first-order valence-corrected chi connectivity index (χ1v) is 6.55. The zero-order chi connectivity index (χ0) is 15.1. The van der Waals surface area contributed by atoms with Crippen molar-refractivity contribution in [1.29, 1.82) is 0 Å². The lowest BCUT2D eigenvalue weighted by Gasteiger charge is -2.14. The van der Waals surface area contributed by atoms with Crippen molar-refractivity contribution in [3.05, 3.63) is 11.7 Å². The topological polar surface area (TPSA) is 105 Å². The number of amides is 1. The Balaban J connectivity index is 2.06. The normalized spacial score (nSPS) is 18.4. The van der Waals surface area contributed by atoms with Crippen LogP contribution in [0.2, 0.25) is 0 Å². The van der Waals surface area contributed by atoms with E-state index in [4.69, 9.17) is 9.63 Å². The molecule has 0 bridgehead atoms. The van der Waals surface area contributed by atoms with Crippen molar-refractivity contribution in [2.75, 3.05) is 0 Å². The van der Waals surface area contributed by atoms with Crippen molar-refractivity contribution in [2.24, 2.45) is 5.41 Å². The third kappa shape index (κ3) is 2.52. The molecule has 1 atom stereocenters. The Labute approximate surface area is 116 Å². The zero-order valence-electron chi connectivity index (χ0n) is 12.1. The molecule has 0 saturated heterocycles. The highest BCUT2D eigenvalue weighted by atomic mass is 16.5. The van der Waals surface area contributed by atoms with E-state index >= 15 is 0 Å². The first kappa shape index (κ1) is 14.5.